The smallest absolute Gasteiger partial charge is 0.329 e. The molecule has 2 aliphatic rings. The molecule has 0 radical (unpaired) electrons. The van der Waals surface area contributed by atoms with Crippen LogP contribution in [0, 0.1) is 5.92 Å². The van der Waals surface area contributed by atoms with E-state index in [0.29, 0.717) is 18.8 Å². The van der Waals surface area contributed by atoms with Crippen molar-refractivity contribution in [3.8, 4) is 0 Å². The first-order valence-corrected chi connectivity index (χ1v) is 7.55. The number of carbonyl (C=O) groups excluding carboxylic acids is 1. The van der Waals surface area contributed by atoms with Crippen molar-refractivity contribution in [3.05, 3.63) is 0 Å². The summed E-state index contributed by atoms with van der Waals surface area (Å²) in [5.41, 5.74) is -1.04. The Hall–Kier alpha value is -0.750. The van der Waals surface area contributed by atoms with E-state index >= 15 is 0 Å². The number of nitrogens with one attached hydrogen (secondary N) is 2. The quantitative estimate of drug-likeness (QED) is 0.708. The highest BCUT2D eigenvalue weighted by molar-refractivity contribution is 7.99. The van der Waals surface area contributed by atoms with Crippen molar-refractivity contribution in [1.82, 2.24) is 10.6 Å². The van der Waals surface area contributed by atoms with E-state index < -0.39 is 11.5 Å². The number of hydrogen-bond donors (Lipinski definition) is 3. The van der Waals surface area contributed by atoms with E-state index in [1.165, 1.54) is 0 Å². The summed E-state index contributed by atoms with van der Waals surface area (Å²) in [6.45, 7) is 2.13. The van der Waals surface area contributed by atoms with Crippen molar-refractivity contribution in [3.63, 3.8) is 0 Å². The first-order chi connectivity index (χ1) is 8.53. The summed E-state index contributed by atoms with van der Waals surface area (Å²) in [5, 5.41) is 15.3. The summed E-state index contributed by atoms with van der Waals surface area (Å²) in [6.07, 6.45) is 2.79. The minimum absolute atomic E-state index is 0.169. The second kappa shape index (κ2) is 5.48. The number of carboxylic acids is 1. The molecular weight excluding hydrogens is 252 g/mol. The van der Waals surface area contributed by atoms with Crippen LogP contribution in [0.15, 0.2) is 0 Å². The summed E-state index contributed by atoms with van der Waals surface area (Å²) in [7, 11) is 0. The molecule has 5 nitrogen and oxygen atoms in total. The molecule has 1 unspecified atom stereocenters. The van der Waals surface area contributed by atoms with E-state index in [9.17, 15) is 14.7 Å². The molecule has 1 atom stereocenters. The molecule has 1 heterocycles. The van der Waals surface area contributed by atoms with Crippen LogP contribution >= 0.6 is 11.8 Å². The molecular formula is C12H20N2O3S. The molecule has 1 aliphatic carbocycles. The number of hydrogen-bond acceptors (Lipinski definition) is 4. The molecule has 0 aromatic heterocycles. The fourth-order valence-corrected chi connectivity index (χ4v) is 3.48. The fraction of sp³-hybridized carbons (Fsp3) is 0.833. The Morgan fingerprint density at radius 1 is 1.39 bits per heavy atom. The molecule has 1 saturated carbocycles. The van der Waals surface area contributed by atoms with Gasteiger partial charge in [0, 0.05) is 11.6 Å². The van der Waals surface area contributed by atoms with Gasteiger partial charge in [-0.2, -0.15) is 0 Å². The lowest BCUT2D eigenvalue weighted by molar-refractivity contribution is -0.149. The first-order valence-electron chi connectivity index (χ1n) is 6.40. The van der Waals surface area contributed by atoms with Gasteiger partial charge in [-0.25, -0.2) is 4.79 Å². The topological polar surface area (TPSA) is 78.4 Å². The highest BCUT2D eigenvalue weighted by atomic mass is 32.2. The van der Waals surface area contributed by atoms with Crippen molar-refractivity contribution < 1.29 is 14.7 Å². The Bertz CT molecular complexity index is 334. The SMILES string of the molecule is CC1CCC(NC(=O)C2CSCN2)(C(=O)O)CC1. The molecule has 0 bridgehead atoms. The standard InChI is InChI=1S/C12H20N2O3S/c1-8-2-4-12(5-3-8,11(16)17)14-10(15)9-6-18-7-13-9/h8-9,13H,2-7H2,1H3,(H,14,15)(H,16,17). The monoisotopic (exact) mass is 272 g/mol. The maximum atomic E-state index is 12.1. The zero-order chi connectivity index (χ0) is 13.2. The number of carbonyl (C=O) groups is 2. The predicted molar refractivity (Wildman–Crippen MR) is 70.4 cm³/mol. The van der Waals surface area contributed by atoms with Crippen molar-refractivity contribution in [2.24, 2.45) is 5.92 Å². The van der Waals surface area contributed by atoms with Crippen LogP contribution in [0.2, 0.25) is 0 Å². The summed E-state index contributed by atoms with van der Waals surface area (Å²) >= 11 is 1.66. The molecule has 102 valence electrons. The number of rotatable bonds is 3. The highest BCUT2D eigenvalue weighted by Gasteiger charge is 2.43. The third-order valence-electron chi connectivity index (χ3n) is 3.93. The van der Waals surface area contributed by atoms with E-state index in [1.807, 2.05) is 0 Å². The second-order valence-corrected chi connectivity index (χ2v) is 6.36. The normalized spacial score (nSPS) is 36.3. The number of thioether (sulfide) groups is 1. The predicted octanol–water partition coefficient (Wildman–Crippen LogP) is 0.799. The minimum Gasteiger partial charge on any atom is -0.480 e. The minimum atomic E-state index is -1.04. The average molecular weight is 272 g/mol. The summed E-state index contributed by atoms with van der Waals surface area (Å²) in [5.74, 6) is 0.965. The number of amides is 1. The van der Waals surface area contributed by atoms with Gasteiger partial charge in [0.1, 0.15) is 5.54 Å². The lowest BCUT2D eigenvalue weighted by atomic mass is 9.77. The lowest BCUT2D eigenvalue weighted by Crippen LogP contribution is -2.59. The van der Waals surface area contributed by atoms with Crippen molar-refractivity contribution in [2.75, 3.05) is 11.6 Å². The zero-order valence-electron chi connectivity index (χ0n) is 10.6. The highest BCUT2D eigenvalue weighted by Crippen LogP contribution is 2.32. The van der Waals surface area contributed by atoms with Gasteiger partial charge in [0.05, 0.1) is 6.04 Å². The fourth-order valence-electron chi connectivity index (χ4n) is 2.53. The van der Waals surface area contributed by atoms with Crippen LogP contribution in [0.3, 0.4) is 0 Å². The van der Waals surface area contributed by atoms with E-state index in [0.717, 1.165) is 24.5 Å². The maximum absolute atomic E-state index is 12.1. The van der Waals surface area contributed by atoms with Gasteiger partial charge in [-0.3, -0.25) is 10.1 Å². The van der Waals surface area contributed by atoms with Gasteiger partial charge in [0.2, 0.25) is 5.91 Å². The Labute approximate surface area is 111 Å². The van der Waals surface area contributed by atoms with E-state index in [4.69, 9.17) is 0 Å². The van der Waals surface area contributed by atoms with Crippen LogP contribution in [-0.4, -0.2) is 40.2 Å². The van der Waals surface area contributed by atoms with Crippen LogP contribution in [0.1, 0.15) is 32.6 Å². The van der Waals surface area contributed by atoms with Crippen molar-refractivity contribution >= 4 is 23.6 Å². The maximum Gasteiger partial charge on any atom is 0.329 e. The van der Waals surface area contributed by atoms with Gasteiger partial charge in [-0.1, -0.05) is 6.92 Å². The van der Waals surface area contributed by atoms with Gasteiger partial charge in [0.15, 0.2) is 0 Å². The van der Waals surface area contributed by atoms with E-state index in [2.05, 4.69) is 17.6 Å². The Balaban J connectivity index is 2.01. The molecule has 0 aromatic carbocycles. The molecule has 18 heavy (non-hydrogen) atoms. The van der Waals surface area contributed by atoms with Crippen LogP contribution in [0.4, 0.5) is 0 Å². The van der Waals surface area contributed by atoms with Gasteiger partial charge >= 0.3 is 5.97 Å². The van der Waals surface area contributed by atoms with E-state index in [1.54, 1.807) is 11.8 Å². The van der Waals surface area contributed by atoms with Crippen molar-refractivity contribution in [1.29, 1.82) is 0 Å². The van der Waals surface area contributed by atoms with E-state index in [-0.39, 0.29) is 11.9 Å². The van der Waals surface area contributed by atoms with Crippen LogP contribution < -0.4 is 10.6 Å². The Morgan fingerprint density at radius 3 is 2.56 bits per heavy atom. The molecule has 2 fully saturated rings. The number of aliphatic carboxylic acids is 1. The molecule has 6 heteroatoms. The van der Waals surface area contributed by atoms with Crippen LogP contribution in [0.5, 0.6) is 0 Å². The average Bonchev–Trinajstić information content (AvgIpc) is 2.85. The van der Waals surface area contributed by atoms with Gasteiger partial charge in [-0.15, -0.1) is 11.8 Å². The Morgan fingerprint density at radius 2 is 2.06 bits per heavy atom. The molecule has 3 N–H and O–H groups in total. The third-order valence-corrected chi connectivity index (χ3v) is 4.87. The molecule has 0 spiro atoms. The summed E-state index contributed by atoms with van der Waals surface area (Å²) in [6, 6.07) is -0.245. The number of carboxylic acid groups (broad SMARTS) is 1. The largest absolute Gasteiger partial charge is 0.480 e. The molecule has 2 rings (SSSR count). The van der Waals surface area contributed by atoms with Gasteiger partial charge in [0.25, 0.3) is 0 Å². The lowest BCUT2D eigenvalue weighted by Gasteiger charge is -2.37. The van der Waals surface area contributed by atoms with Crippen LogP contribution in [0.25, 0.3) is 0 Å². The molecule has 1 aliphatic heterocycles. The van der Waals surface area contributed by atoms with Crippen LogP contribution in [-0.2, 0) is 9.59 Å². The first kappa shape index (κ1) is 13.7. The van der Waals surface area contributed by atoms with Gasteiger partial charge < -0.3 is 10.4 Å². The van der Waals surface area contributed by atoms with Crippen molar-refractivity contribution in [2.45, 2.75) is 44.2 Å². The molecule has 1 saturated heterocycles. The summed E-state index contributed by atoms with van der Waals surface area (Å²) < 4.78 is 0. The molecule has 0 aromatic rings. The van der Waals surface area contributed by atoms with Gasteiger partial charge in [-0.05, 0) is 31.6 Å². The molecule has 1 amide bonds. The zero-order valence-corrected chi connectivity index (χ0v) is 11.4. The Kier molecular flexibility index (Phi) is 4.17. The third kappa shape index (κ3) is 2.80. The second-order valence-electron chi connectivity index (χ2n) is 5.33. The summed E-state index contributed by atoms with van der Waals surface area (Å²) in [4.78, 5) is 23.5.